The molecule has 0 fully saturated rings. The largest absolute Gasteiger partial charge is 0.493 e. The Kier molecular flexibility index (Phi) is 7.74. The first kappa shape index (κ1) is 19.6. The van der Waals surface area contributed by atoms with Crippen LogP contribution in [0.1, 0.15) is 35.7 Å². The van der Waals surface area contributed by atoms with Gasteiger partial charge in [0.05, 0.1) is 20.8 Å². The molecule has 6 heteroatoms. The molecule has 2 rings (SSSR count). The molecule has 0 unspecified atom stereocenters. The van der Waals surface area contributed by atoms with Crippen LogP contribution >= 0.6 is 0 Å². The van der Waals surface area contributed by atoms with Gasteiger partial charge in [-0.25, -0.2) is 4.98 Å². The summed E-state index contributed by atoms with van der Waals surface area (Å²) < 4.78 is 16.1. The molecule has 1 aromatic heterocycles. The first-order valence-electron chi connectivity index (χ1n) is 8.76. The molecule has 0 spiro atoms. The molecule has 1 N–H and O–H groups in total. The van der Waals surface area contributed by atoms with Crippen molar-refractivity contribution in [1.29, 1.82) is 0 Å². The van der Waals surface area contributed by atoms with Crippen LogP contribution in [0.15, 0.2) is 36.5 Å². The minimum Gasteiger partial charge on any atom is -0.493 e. The fourth-order valence-electron chi connectivity index (χ4n) is 2.44. The molecule has 0 bridgehead atoms. The second kappa shape index (κ2) is 10.3. The highest BCUT2D eigenvalue weighted by Gasteiger charge is 2.13. The summed E-state index contributed by atoms with van der Waals surface area (Å²) in [6.45, 7) is 3.14. The summed E-state index contributed by atoms with van der Waals surface area (Å²) >= 11 is 0. The lowest BCUT2D eigenvalue weighted by molar-refractivity contribution is 0.0949. The smallest absolute Gasteiger partial charge is 0.256 e. The van der Waals surface area contributed by atoms with Crippen LogP contribution < -0.4 is 19.5 Å². The first-order valence-corrected chi connectivity index (χ1v) is 8.76. The van der Waals surface area contributed by atoms with Gasteiger partial charge in [-0.1, -0.05) is 19.4 Å². The van der Waals surface area contributed by atoms with E-state index >= 15 is 0 Å². The Morgan fingerprint density at radius 2 is 1.96 bits per heavy atom. The third-order valence-electron chi connectivity index (χ3n) is 3.90. The van der Waals surface area contributed by atoms with Gasteiger partial charge in [0.2, 0.25) is 5.88 Å². The number of methoxy groups -OCH3 is 2. The van der Waals surface area contributed by atoms with Gasteiger partial charge in [0.15, 0.2) is 11.5 Å². The highest BCUT2D eigenvalue weighted by atomic mass is 16.5. The number of hydrogen-bond acceptors (Lipinski definition) is 5. The Bertz CT molecular complexity index is 719. The van der Waals surface area contributed by atoms with E-state index in [-0.39, 0.29) is 5.91 Å². The number of benzene rings is 1. The van der Waals surface area contributed by atoms with Crippen LogP contribution in [0.5, 0.6) is 17.4 Å². The fourth-order valence-corrected chi connectivity index (χ4v) is 2.44. The zero-order chi connectivity index (χ0) is 18.8. The van der Waals surface area contributed by atoms with Crippen molar-refractivity contribution in [3.05, 3.63) is 47.7 Å². The molecule has 1 amide bonds. The van der Waals surface area contributed by atoms with Crippen LogP contribution in [0.4, 0.5) is 0 Å². The van der Waals surface area contributed by atoms with Gasteiger partial charge in [0.1, 0.15) is 5.56 Å². The highest BCUT2D eigenvalue weighted by molar-refractivity contribution is 5.96. The number of aromatic nitrogens is 1. The van der Waals surface area contributed by atoms with E-state index in [1.54, 1.807) is 32.5 Å². The van der Waals surface area contributed by atoms with Gasteiger partial charge in [0.25, 0.3) is 5.91 Å². The third-order valence-corrected chi connectivity index (χ3v) is 3.90. The van der Waals surface area contributed by atoms with E-state index in [0.29, 0.717) is 42.5 Å². The van der Waals surface area contributed by atoms with Crippen molar-refractivity contribution >= 4 is 5.91 Å². The average Bonchev–Trinajstić information content (AvgIpc) is 2.68. The van der Waals surface area contributed by atoms with Crippen molar-refractivity contribution < 1.29 is 19.0 Å². The second-order valence-electron chi connectivity index (χ2n) is 5.75. The van der Waals surface area contributed by atoms with Gasteiger partial charge >= 0.3 is 0 Å². The van der Waals surface area contributed by atoms with Crippen molar-refractivity contribution in [1.82, 2.24) is 10.3 Å². The SMILES string of the molecule is CCCCOc1ncccc1C(=O)NCCc1ccc(OC)c(OC)c1. The summed E-state index contributed by atoms with van der Waals surface area (Å²) in [5, 5.41) is 2.91. The first-order chi connectivity index (χ1) is 12.7. The summed E-state index contributed by atoms with van der Waals surface area (Å²) in [7, 11) is 3.21. The van der Waals surface area contributed by atoms with Gasteiger partial charge in [-0.15, -0.1) is 0 Å². The van der Waals surface area contributed by atoms with Crippen LogP contribution in [-0.4, -0.2) is 38.3 Å². The lowest BCUT2D eigenvalue weighted by Gasteiger charge is -2.11. The van der Waals surface area contributed by atoms with Crippen LogP contribution in [0, 0.1) is 0 Å². The van der Waals surface area contributed by atoms with E-state index < -0.39 is 0 Å². The molecule has 0 aliphatic heterocycles. The van der Waals surface area contributed by atoms with Gasteiger partial charge in [-0.3, -0.25) is 4.79 Å². The van der Waals surface area contributed by atoms with E-state index in [0.717, 1.165) is 18.4 Å². The summed E-state index contributed by atoms with van der Waals surface area (Å²) in [4.78, 5) is 16.6. The Morgan fingerprint density at radius 1 is 1.15 bits per heavy atom. The lowest BCUT2D eigenvalue weighted by atomic mass is 10.1. The van der Waals surface area contributed by atoms with Crippen LogP contribution in [0.3, 0.4) is 0 Å². The Labute approximate surface area is 154 Å². The summed E-state index contributed by atoms with van der Waals surface area (Å²) in [6.07, 6.45) is 4.26. The maximum Gasteiger partial charge on any atom is 0.256 e. The zero-order valence-corrected chi connectivity index (χ0v) is 15.6. The van der Waals surface area contributed by atoms with E-state index in [9.17, 15) is 4.79 Å². The highest BCUT2D eigenvalue weighted by Crippen LogP contribution is 2.27. The van der Waals surface area contributed by atoms with Crippen LogP contribution in [-0.2, 0) is 6.42 Å². The van der Waals surface area contributed by atoms with Gasteiger partial charge in [-0.05, 0) is 42.7 Å². The van der Waals surface area contributed by atoms with Gasteiger partial charge < -0.3 is 19.5 Å². The molecule has 26 heavy (non-hydrogen) atoms. The summed E-state index contributed by atoms with van der Waals surface area (Å²) in [5.74, 6) is 1.55. The molecule has 0 saturated heterocycles. The van der Waals surface area contributed by atoms with Gasteiger partial charge in [0, 0.05) is 12.7 Å². The molecule has 1 heterocycles. The Balaban J connectivity index is 1.93. The second-order valence-corrected chi connectivity index (χ2v) is 5.75. The number of carbonyl (C=O) groups is 1. The summed E-state index contributed by atoms with van der Waals surface area (Å²) in [5.41, 5.74) is 1.50. The van der Waals surface area contributed by atoms with Crippen molar-refractivity contribution in [2.75, 3.05) is 27.4 Å². The van der Waals surface area contributed by atoms with E-state index in [4.69, 9.17) is 14.2 Å². The normalized spacial score (nSPS) is 10.3. The fraction of sp³-hybridized carbons (Fsp3) is 0.400. The van der Waals surface area contributed by atoms with Crippen LogP contribution in [0.2, 0.25) is 0 Å². The molecule has 2 aromatic rings. The van der Waals surface area contributed by atoms with Crippen molar-refractivity contribution in [3.63, 3.8) is 0 Å². The molecule has 0 atom stereocenters. The number of nitrogens with one attached hydrogen (secondary N) is 1. The molecular formula is C20H26N2O4. The summed E-state index contributed by atoms with van der Waals surface area (Å²) in [6, 6.07) is 9.18. The Morgan fingerprint density at radius 3 is 2.69 bits per heavy atom. The standard InChI is InChI=1S/C20H26N2O4/c1-4-5-13-26-20-16(7-6-11-22-20)19(23)21-12-10-15-8-9-17(24-2)18(14-15)25-3/h6-9,11,14H,4-5,10,12-13H2,1-3H3,(H,21,23). The van der Waals surface area contributed by atoms with Gasteiger partial charge in [-0.2, -0.15) is 0 Å². The molecule has 1 aromatic carbocycles. The average molecular weight is 358 g/mol. The quantitative estimate of drug-likeness (QED) is 0.660. The maximum absolute atomic E-state index is 12.4. The van der Waals surface area contributed by atoms with Crippen molar-refractivity contribution in [3.8, 4) is 17.4 Å². The number of carbonyl (C=O) groups excluding carboxylic acids is 1. The van der Waals surface area contributed by atoms with E-state index in [1.165, 1.54) is 0 Å². The minimum atomic E-state index is -0.190. The van der Waals surface area contributed by atoms with Crippen LogP contribution in [0.25, 0.3) is 0 Å². The lowest BCUT2D eigenvalue weighted by Crippen LogP contribution is -2.26. The number of pyridine rings is 1. The predicted octanol–water partition coefficient (Wildman–Crippen LogP) is 3.25. The number of amides is 1. The zero-order valence-electron chi connectivity index (χ0n) is 15.6. The van der Waals surface area contributed by atoms with E-state index in [1.807, 2.05) is 18.2 Å². The van der Waals surface area contributed by atoms with Crippen molar-refractivity contribution in [2.24, 2.45) is 0 Å². The molecule has 0 radical (unpaired) electrons. The molecular weight excluding hydrogens is 332 g/mol. The molecule has 0 aliphatic rings. The molecule has 0 saturated carbocycles. The molecule has 6 nitrogen and oxygen atoms in total. The number of nitrogens with zero attached hydrogens (tertiary/aromatic N) is 1. The van der Waals surface area contributed by atoms with Crippen molar-refractivity contribution in [2.45, 2.75) is 26.2 Å². The Hall–Kier alpha value is -2.76. The monoisotopic (exact) mass is 358 g/mol. The number of rotatable bonds is 10. The number of unbranched alkanes of at least 4 members (excludes halogenated alkanes) is 1. The number of hydrogen-bond donors (Lipinski definition) is 1. The topological polar surface area (TPSA) is 69.7 Å². The molecule has 0 aliphatic carbocycles. The molecule has 140 valence electrons. The number of ether oxygens (including phenoxy) is 3. The third kappa shape index (κ3) is 5.37. The maximum atomic E-state index is 12.4. The van der Waals surface area contributed by atoms with E-state index in [2.05, 4.69) is 17.2 Å². The predicted molar refractivity (Wildman–Crippen MR) is 100 cm³/mol. The minimum absolute atomic E-state index is 0.190.